The lowest BCUT2D eigenvalue weighted by atomic mass is 10.1. The molecule has 162 valence electrons. The lowest BCUT2D eigenvalue weighted by Gasteiger charge is -2.24. The Bertz CT molecular complexity index is 885. The van der Waals surface area contributed by atoms with Crippen molar-refractivity contribution in [3.63, 3.8) is 0 Å². The van der Waals surface area contributed by atoms with Crippen LogP contribution in [0.15, 0.2) is 42.5 Å². The molecule has 1 aliphatic heterocycles. The van der Waals surface area contributed by atoms with Crippen LogP contribution in [0, 0.1) is 0 Å². The summed E-state index contributed by atoms with van der Waals surface area (Å²) in [5.74, 6) is -0.241. The molecular weight excluding hydrogens is 421 g/mol. The number of amides is 2. The molecule has 1 heterocycles. The molecule has 2 aromatic carbocycles. The minimum absolute atomic E-state index is 0. The Morgan fingerprint density at radius 3 is 2.50 bits per heavy atom. The van der Waals surface area contributed by atoms with E-state index in [1.807, 2.05) is 12.1 Å². The van der Waals surface area contributed by atoms with E-state index in [2.05, 4.69) is 19.2 Å². The SMILES string of the molecule is CC[NH+](CC)CCCCCC(=O)N1c2ccc(Cl)cc2NC(=O)c2ccccc21.[Cl-]. The molecule has 0 radical (unpaired) electrons. The number of benzene rings is 2. The number of hydrogen-bond donors (Lipinski definition) is 2. The minimum Gasteiger partial charge on any atom is -1.00 e. The summed E-state index contributed by atoms with van der Waals surface area (Å²) < 4.78 is 0. The fraction of sp³-hybridized carbons (Fsp3) is 0.391. The Morgan fingerprint density at radius 2 is 1.77 bits per heavy atom. The molecule has 0 saturated carbocycles. The van der Waals surface area contributed by atoms with Gasteiger partial charge in [-0.2, -0.15) is 0 Å². The number of nitrogens with one attached hydrogen (secondary N) is 2. The van der Waals surface area contributed by atoms with E-state index in [9.17, 15) is 9.59 Å². The summed E-state index contributed by atoms with van der Waals surface area (Å²) in [5.41, 5.74) is 2.31. The number of halogens is 2. The van der Waals surface area contributed by atoms with Crippen molar-refractivity contribution in [2.24, 2.45) is 0 Å². The van der Waals surface area contributed by atoms with Gasteiger partial charge >= 0.3 is 0 Å². The maximum absolute atomic E-state index is 13.2. The highest BCUT2D eigenvalue weighted by atomic mass is 35.5. The van der Waals surface area contributed by atoms with Crippen LogP contribution in [0.2, 0.25) is 5.02 Å². The Hall–Kier alpha value is -2.08. The maximum atomic E-state index is 13.2. The number of rotatable bonds is 8. The normalized spacial score (nSPS) is 12.5. The number of unbranched alkanes of at least 4 members (excludes halogenated alkanes) is 2. The van der Waals surface area contributed by atoms with Crippen molar-refractivity contribution in [3.8, 4) is 0 Å². The average Bonchev–Trinajstić information content (AvgIpc) is 2.84. The van der Waals surface area contributed by atoms with Gasteiger partial charge in [-0.05, 0) is 63.4 Å². The van der Waals surface area contributed by atoms with Crippen molar-refractivity contribution in [1.29, 1.82) is 0 Å². The third-order valence-electron chi connectivity index (χ3n) is 5.51. The topological polar surface area (TPSA) is 53.9 Å². The molecule has 0 atom stereocenters. The number of quaternary nitrogens is 1. The molecule has 0 spiro atoms. The molecule has 7 heteroatoms. The lowest BCUT2D eigenvalue weighted by molar-refractivity contribution is -0.896. The van der Waals surface area contributed by atoms with Gasteiger partial charge in [0, 0.05) is 11.4 Å². The van der Waals surface area contributed by atoms with Gasteiger partial charge in [-0.15, -0.1) is 0 Å². The number of nitrogens with zero attached hydrogens (tertiary/aromatic N) is 1. The third kappa shape index (κ3) is 5.54. The Kier molecular flexibility index (Phi) is 9.15. The lowest BCUT2D eigenvalue weighted by Crippen LogP contribution is -3.11. The fourth-order valence-electron chi connectivity index (χ4n) is 3.80. The monoisotopic (exact) mass is 449 g/mol. The predicted molar refractivity (Wildman–Crippen MR) is 118 cm³/mol. The second-order valence-electron chi connectivity index (χ2n) is 7.38. The molecule has 30 heavy (non-hydrogen) atoms. The first-order chi connectivity index (χ1) is 14.0. The van der Waals surface area contributed by atoms with E-state index in [-0.39, 0.29) is 24.2 Å². The van der Waals surface area contributed by atoms with Gasteiger partial charge in [0.25, 0.3) is 5.91 Å². The van der Waals surface area contributed by atoms with Crippen LogP contribution in [-0.4, -0.2) is 31.4 Å². The summed E-state index contributed by atoms with van der Waals surface area (Å²) in [6.07, 6.45) is 3.42. The van der Waals surface area contributed by atoms with Crippen LogP contribution < -0.4 is 27.5 Å². The van der Waals surface area contributed by atoms with E-state index in [0.717, 1.165) is 38.9 Å². The molecule has 0 unspecified atom stereocenters. The molecule has 2 amide bonds. The van der Waals surface area contributed by atoms with Crippen LogP contribution in [0.3, 0.4) is 0 Å². The first-order valence-corrected chi connectivity index (χ1v) is 10.8. The summed E-state index contributed by atoms with van der Waals surface area (Å²) in [4.78, 5) is 29.2. The van der Waals surface area contributed by atoms with Crippen LogP contribution >= 0.6 is 11.6 Å². The number of anilines is 3. The highest BCUT2D eigenvalue weighted by molar-refractivity contribution is 6.31. The van der Waals surface area contributed by atoms with Crippen molar-refractivity contribution in [2.75, 3.05) is 29.9 Å². The molecule has 0 bridgehead atoms. The molecular formula is C23H29Cl2N3O2. The van der Waals surface area contributed by atoms with Gasteiger partial charge in [0.05, 0.1) is 42.3 Å². The highest BCUT2D eigenvalue weighted by Gasteiger charge is 2.28. The van der Waals surface area contributed by atoms with Crippen molar-refractivity contribution < 1.29 is 26.9 Å². The smallest absolute Gasteiger partial charge is 0.257 e. The molecule has 0 aromatic heterocycles. The molecule has 3 rings (SSSR count). The zero-order valence-electron chi connectivity index (χ0n) is 17.5. The van der Waals surface area contributed by atoms with E-state index in [1.54, 1.807) is 40.1 Å². The summed E-state index contributed by atoms with van der Waals surface area (Å²) in [6.45, 7) is 7.84. The van der Waals surface area contributed by atoms with Gasteiger partial charge in [0.15, 0.2) is 0 Å². The van der Waals surface area contributed by atoms with Crippen LogP contribution in [-0.2, 0) is 4.79 Å². The van der Waals surface area contributed by atoms with Crippen LogP contribution in [0.5, 0.6) is 0 Å². The van der Waals surface area contributed by atoms with Crippen molar-refractivity contribution >= 4 is 40.5 Å². The van der Waals surface area contributed by atoms with E-state index in [0.29, 0.717) is 34.1 Å². The Labute approximate surface area is 189 Å². The van der Waals surface area contributed by atoms with Gasteiger partial charge in [-0.3, -0.25) is 14.5 Å². The van der Waals surface area contributed by atoms with Gasteiger partial charge in [-0.25, -0.2) is 0 Å². The van der Waals surface area contributed by atoms with Gasteiger partial charge in [0.2, 0.25) is 5.91 Å². The van der Waals surface area contributed by atoms with Gasteiger partial charge < -0.3 is 22.6 Å². The average molecular weight is 450 g/mol. The summed E-state index contributed by atoms with van der Waals surface area (Å²) in [5, 5.41) is 3.40. The second-order valence-corrected chi connectivity index (χ2v) is 7.82. The quantitative estimate of drug-likeness (QED) is 0.592. The number of hydrogen-bond acceptors (Lipinski definition) is 2. The van der Waals surface area contributed by atoms with E-state index >= 15 is 0 Å². The second kappa shape index (κ2) is 11.3. The highest BCUT2D eigenvalue weighted by Crippen LogP contribution is 2.39. The third-order valence-corrected chi connectivity index (χ3v) is 5.74. The summed E-state index contributed by atoms with van der Waals surface area (Å²) >= 11 is 6.13. The summed E-state index contributed by atoms with van der Waals surface area (Å²) in [7, 11) is 0. The van der Waals surface area contributed by atoms with Crippen LogP contribution in [0.4, 0.5) is 17.1 Å². The fourth-order valence-corrected chi connectivity index (χ4v) is 3.97. The zero-order chi connectivity index (χ0) is 20.8. The van der Waals surface area contributed by atoms with Crippen molar-refractivity contribution in [2.45, 2.75) is 39.5 Å². The number of carbonyl (C=O) groups is 2. The number of para-hydroxylation sites is 1. The first-order valence-electron chi connectivity index (χ1n) is 10.4. The van der Waals surface area contributed by atoms with Gasteiger partial charge in [-0.1, -0.05) is 23.7 Å². The maximum Gasteiger partial charge on any atom is 0.257 e. The minimum atomic E-state index is -0.235. The van der Waals surface area contributed by atoms with Crippen molar-refractivity contribution in [1.82, 2.24) is 0 Å². The van der Waals surface area contributed by atoms with Gasteiger partial charge in [0.1, 0.15) is 0 Å². The van der Waals surface area contributed by atoms with E-state index in [1.165, 1.54) is 0 Å². The van der Waals surface area contributed by atoms with E-state index in [4.69, 9.17) is 11.6 Å². The zero-order valence-corrected chi connectivity index (χ0v) is 19.0. The van der Waals surface area contributed by atoms with Crippen LogP contribution in [0.1, 0.15) is 49.9 Å². The first kappa shape index (κ1) is 24.2. The molecule has 1 aliphatic rings. The van der Waals surface area contributed by atoms with E-state index < -0.39 is 0 Å². The number of carbonyl (C=O) groups excluding carboxylic acids is 2. The molecule has 5 nitrogen and oxygen atoms in total. The molecule has 2 aromatic rings. The molecule has 0 fully saturated rings. The standard InChI is InChI=1S/C23H28ClN3O2.ClH/c1-3-26(4-2)15-9-5-6-12-22(28)27-20-11-8-7-10-18(20)23(29)25-19-16-17(24)13-14-21(19)27;/h7-8,10-11,13-14,16H,3-6,9,12,15H2,1-2H3,(H,25,29);1H. The largest absolute Gasteiger partial charge is 1.00 e. The number of fused-ring (bicyclic) bond motifs is 2. The Morgan fingerprint density at radius 1 is 1.03 bits per heavy atom. The Balaban J connectivity index is 0.00000320. The molecule has 0 saturated heterocycles. The molecule has 0 aliphatic carbocycles. The predicted octanol–water partition coefficient (Wildman–Crippen LogP) is 1.06. The van der Waals surface area contributed by atoms with Crippen molar-refractivity contribution in [3.05, 3.63) is 53.1 Å². The van der Waals surface area contributed by atoms with Crippen LogP contribution in [0.25, 0.3) is 0 Å². The molecule has 2 N–H and O–H groups in total. The summed E-state index contributed by atoms with van der Waals surface area (Å²) in [6, 6.07) is 12.4.